The van der Waals surface area contributed by atoms with Crippen LogP contribution in [0.2, 0.25) is 0 Å². The van der Waals surface area contributed by atoms with Crippen molar-refractivity contribution in [1.29, 1.82) is 0 Å². The smallest absolute Gasteiger partial charge is 0.282 e. The molecule has 3 aromatic carbocycles. The van der Waals surface area contributed by atoms with Crippen molar-refractivity contribution in [3.05, 3.63) is 90.0 Å². The van der Waals surface area contributed by atoms with Crippen molar-refractivity contribution in [2.75, 3.05) is 0 Å². The Morgan fingerprint density at radius 3 is 1.23 bits per heavy atom. The Bertz CT molecular complexity index is 1020. The summed E-state index contributed by atoms with van der Waals surface area (Å²) in [5.74, 6) is 0. The maximum absolute atomic E-state index is 12.4. The Balaban J connectivity index is 0.000000285. The minimum absolute atomic E-state index is 0.00159. The molecule has 0 aliphatic carbocycles. The van der Waals surface area contributed by atoms with Gasteiger partial charge in [-0.25, -0.2) is 0 Å². The first-order valence-electron chi connectivity index (χ1n) is 8.41. The van der Waals surface area contributed by atoms with Crippen LogP contribution in [-0.2, 0) is 22.5 Å². The van der Waals surface area contributed by atoms with E-state index in [1.165, 1.54) is 36.4 Å². The van der Waals surface area contributed by atoms with Crippen LogP contribution in [0.25, 0.3) is 0 Å². The Morgan fingerprint density at radius 2 is 0.968 bits per heavy atom. The summed E-state index contributed by atoms with van der Waals surface area (Å²) < 4.78 is 104. The summed E-state index contributed by atoms with van der Waals surface area (Å²) in [5, 5.41) is 1.26. The third-order valence-corrected chi connectivity index (χ3v) is 5.87. The lowest BCUT2D eigenvalue weighted by Gasteiger charge is -2.09. The number of halogens is 6. The normalized spacial score (nSPS) is 12.1. The summed E-state index contributed by atoms with van der Waals surface area (Å²) >= 11 is 0. The molecule has 0 bridgehead atoms. The van der Waals surface area contributed by atoms with Crippen LogP contribution in [0.3, 0.4) is 0 Å². The monoisotopic (exact) mass is 480 g/mol. The second kappa shape index (κ2) is 9.80. The molecule has 166 valence electrons. The molecule has 31 heavy (non-hydrogen) atoms. The van der Waals surface area contributed by atoms with Gasteiger partial charge in [-0.1, -0.05) is 51.0 Å². The van der Waals surface area contributed by atoms with E-state index in [4.69, 9.17) is 4.55 Å². The summed E-state index contributed by atoms with van der Waals surface area (Å²) in [6.45, 7) is 0. The van der Waals surface area contributed by atoms with Crippen LogP contribution in [-0.4, -0.2) is 13.0 Å². The van der Waals surface area contributed by atoms with Crippen LogP contribution in [0.15, 0.2) is 83.8 Å². The maximum atomic E-state index is 12.4. The fourth-order valence-electron chi connectivity index (χ4n) is 2.24. The summed E-state index contributed by atoms with van der Waals surface area (Å²) in [4.78, 5) is -0.0741. The Morgan fingerprint density at radius 1 is 0.613 bits per heavy atom. The van der Waals surface area contributed by atoms with Crippen molar-refractivity contribution in [2.24, 2.45) is 0 Å². The Kier molecular flexibility index (Phi) is 7.86. The van der Waals surface area contributed by atoms with Gasteiger partial charge in [-0.15, -0.1) is 0 Å². The summed E-state index contributed by atoms with van der Waals surface area (Å²) in [6.07, 6.45) is -8.79. The van der Waals surface area contributed by atoms with Gasteiger partial charge in [0.25, 0.3) is 10.1 Å². The molecule has 1 N–H and O–H groups in total. The van der Waals surface area contributed by atoms with Gasteiger partial charge < -0.3 is 0 Å². The lowest BCUT2D eigenvalue weighted by atomic mass is 10.2. The average molecular weight is 480 g/mol. The molecule has 0 spiro atoms. The quantitative estimate of drug-likeness (QED) is 0.315. The maximum Gasteiger partial charge on any atom is 0.416 e. The SMILES string of the molecule is FC(F)(F)c1ccc(Pc2ccc(C(F)(F)F)cc2)cc1.O=S(=O)(O)c1ccccc1. The second-order valence-electron chi connectivity index (χ2n) is 6.06. The first-order valence-corrected chi connectivity index (χ1v) is 10.8. The molecule has 0 heterocycles. The van der Waals surface area contributed by atoms with E-state index in [2.05, 4.69) is 0 Å². The standard InChI is InChI=1S/C14H9F6P.C6H6O3S/c15-13(16,17)9-1-5-11(6-2-9)21-12-7-3-10(4-8-12)14(18,19)20;7-10(8,9)6-4-2-1-3-5-6/h1-8,21H;1-5H,(H,7,8,9). The van der Waals surface area contributed by atoms with Crippen LogP contribution < -0.4 is 10.6 Å². The van der Waals surface area contributed by atoms with Crippen molar-refractivity contribution < 1.29 is 39.3 Å². The zero-order valence-electron chi connectivity index (χ0n) is 15.4. The zero-order chi connectivity index (χ0) is 23.3. The van der Waals surface area contributed by atoms with Gasteiger partial charge in [0.2, 0.25) is 0 Å². The minimum Gasteiger partial charge on any atom is -0.282 e. The van der Waals surface area contributed by atoms with Crippen LogP contribution >= 0.6 is 8.58 Å². The van der Waals surface area contributed by atoms with Gasteiger partial charge in [0.1, 0.15) is 0 Å². The van der Waals surface area contributed by atoms with E-state index in [9.17, 15) is 34.8 Å². The van der Waals surface area contributed by atoms with Crippen molar-refractivity contribution in [2.45, 2.75) is 17.2 Å². The zero-order valence-corrected chi connectivity index (χ0v) is 17.3. The number of alkyl halides is 6. The highest BCUT2D eigenvalue weighted by Gasteiger charge is 2.30. The van der Waals surface area contributed by atoms with Crippen LogP contribution in [0.1, 0.15) is 11.1 Å². The van der Waals surface area contributed by atoms with Crippen molar-refractivity contribution in [3.63, 3.8) is 0 Å². The molecule has 3 rings (SSSR count). The topological polar surface area (TPSA) is 54.4 Å². The molecule has 0 radical (unpaired) electrons. The fraction of sp³-hybridized carbons (Fsp3) is 0.100. The van der Waals surface area contributed by atoms with Gasteiger partial charge >= 0.3 is 12.4 Å². The molecule has 0 atom stereocenters. The van der Waals surface area contributed by atoms with Gasteiger partial charge in [0.05, 0.1) is 16.0 Å². The van der Waals surface area contributed by atoms with Crippen molar-refractivity contribution in [3.8, 4) is 0 Å². The summed E-state index contributed by atoms with van der Waals surface area (Å²) in [6, 6.07) is 16.6. The predicted molar refractivity (Wildman–Crippen MR) is 107 cm³/mol. The minimum atomic E-state index is -4.39. The highest BCUT2D eigenvalue weighted by molar-refractivity contribution is 7.85. The van der Waals surface area contributed by atoms with Crippen molar-refractivity contribution >= 4 is 29.3 Å². The van der Waals surface area contributed by atoms with Crippen LogP contribution in [0.5, 0.6) is 0 Å². The van der Waals surface area contributed by atoms with E-state index < -0.39 is 33.6 Å². The number of rotatable bonds is 3. The molecule has 0 saturated heterocycles. The van der Waals surface area contributed by atoms with Gasteiger partial charge in [0.15, 0.2) is 0 Å². The molecule has 11 heteroatoms. The van der Waals surface area contributed by atoms with Gasteiger partial charge in [0, 0.05) is 0 Å². The highest BCUT2D eigenvalue weighted by atomic mass is 32.2. The van der Waals surface area contributed by atoms with Crippen LogP contribution in [0.4, 0.5) is 26.3 Å². The van der Waals surface area contributed by atoms with E-state index in [-0.39, 0.29) is 13.5 Å². The molecule has 0 unspecified atom stereocenters. The molecule has 0 aliphatic heterocycles. The van der Waals surface area contributed by atoms with E-state index in [1.807, 2.05) is 0 Å². The Hall–Kier alpha value is -2.42. The first-order chi connectivity index (χ1) is 14.3. The fourth-order valence-corrected chi connectivity index (χ4v) is 3.75. The van der Waals surface area contributed by atoms with E-state index in [1.54, 1.807) is 18.2 Å². The number of hydrogen-bond donors (Lipinski definition) is 1. The van der Waals surface area contributed by atoms with E-state index in [0.29, 0.717) is 10.6 Å². The number of hydrogen-bond acceptors (Lipinski definition) is 2. The molecular weight excluding hydrogens is 465 g/mol. The first kappa shape index (κ1) is 24.8. The molecule has 0 saturated carbocycles. The largest absolute Gasteiger partial charge is 0.416 e. The Labute approximate surface area is 176 Å². The van der Waals surface area contributed by atoms with Gasteiger partial charge in [-0.3, -0.25) is 4.55 Å². The predicted octanol–water partition coefficient (Wildman–Crippen LogP) is 5.29. The third kappa shape index (κ3) is 7.97. The average Bonchev–Trinajstić information content (AvgIpc) is 2.68. The lowest BCUT2D eigenvalue weighted by molar-refractivity contribution is -0.138. The molecule has 0 aliphatic rings. The molecule has 0 fully saturated rings. The van der Waals surface area contributed by atoms with E-state index >= 15 is 0 Å². The number of benzene rings is 3. The van der Waals surface area contributed by atoms with Crippen molar-refractivity contribution in [1.82, 2.24) is 0 Å². The van der Waals surface area contributed by atoms with Gasteiger partial charge in [-0.2, -0.15) is 34.8 Å². The van der Waals surface area contributed by atoms with E-state index in [0.717, 1.165) is 24.3 Å². The lowest BCUT2D eigenvalue weighted by Crippen LogP contribution is -2.09. The summed E-state index contributed by atoms with van der Waals surface area (Å²) in [5.41, 5.74) is -1.49. The highest BCUT2D eigenvalue weighted by Crippen LogP contribution is 2.30. The molecular formula is C20H15F6O3PS. The molecule has 3 nitrogen and oxygen atoms in total. The van der Waals surface area contributed by atoms with Gasteiger partial charge in [-0.05, 0) is 47.0 Å². The van der Waals surface area contributed by atoms with Crippen LogP contribution in [0, 0.1) is 0 Å². The summed E-state index contributed by atoms with van der Waals surface area (Å²) in [7, 11) is -4.00. The third-order valence-electron chi connectivity index (χ3n) is 3.75. The molecule has 3 aromatic rings. The molecule has 0 amide bonds. The second-order valence-corrected chi connectivity index (χ2v) is 8.89. The molecule has 0 aromatic heterocycles.